The summed E-state index contributed by atoms with van der Waals surface area (Å²) in [5.74, 6) is 0.225. The largest absolute Gasteiger partial charge is 0.409 e. The lowest BCUT2D eigenvalue weighted by Crippen LogP contribution is -2.25. The Morgan fingerprint density at radius 3 is 2.77 bits per heavy atom. The van der Waals surface area contributed by atoms with E-state index in [1.54, 1.807) is 0 Å². The van der Waals surface area contributed by atoms with E-state index in [-0.39, 0.29) is 11.9 Å². The van der Waals surface area contributed by atoms with Crippen molar-refractivity contribution >= 4 is 5.84 Å². The lowest BCUT2D eigenvalue weighted by Gasteiger charge is -2.07. The molecule has 0 aromatic rings. The topological polar surface area (TPSA) is 90.9 Å². The van der Waals surface area contributed by atoms with E-state index in [0.29, 0.717) is 13.0 Å². The van der Waals surface area contributed by atoms with Crippen molar-refractivity contribution in [1.82, 2.24) is 5.32 Å². The van der Waals surface area contributed by atoms with Crippen LogP contribution < -0.4 is 11.1 Å². The van der Waals surface area contributed by atoms with Gasteiger partial charge in [-0.1, -0.05) is 12.1 Å². The van der Waals surface area contributed by atoms with Crippen LogP contribution in [0, 0.1) is 0 Å². The second-order valence-electron chi connectivity index (χ2n) is 2.94. The third-order valence-electron chi connectivity index (χ3n) is 1.81. The van der Waals surface area contributed by atoms with Gasteiger partial charge in [-0.05, 0) is 19.4 Å². The minimum atomic E-state index is -0.226. The summed E-state index contributed by atoms with van der Waals surface area (Å²) in [6.07, 6.45) is 1.82. The van der Waals surface area contributed by atoms with Crippen molar-refractivity contribution in [3.8, 4) is 0 Å². The summed E-state index contributed by atoms with van der Waals surface area (Å²) in [5, 5.41) is 23.3. The molecule has 5 nitrogen and oxygen atoms in total. The van der Waals surface area contributed by atoms with Crippen LogP contribution in [-0.4, -0.2) is 35.3 Å². The zero-order valence-electron chi connectivity index (χ0n) is 8.03. The Labute approximate surface area is 78.6 Å². The fourth-order valence-electron chi connectivity index (χ4n) is 0.864. The molecule has 1 atom stereocenters. The van der Waals surface area contributed by atoms with E-state index in [1.165, 1.54) is 0 Å². The number of aliphatic hydroxyl groups is 1. The average molecular weight is 189 g/mol. The number of nitrogens with zero attached hydrogens (tertiary/aromatic N) is 1. The molecule has 78 valence electrons. The summed E-state index contributed by atoms with van der Waals surface area (Å²) in [4.78, 5) is 0. The fraction of sp³-hybridized carbons (Fsp3) is 0.875. The number of nitrogens with two attached hydrogens (primary N) is 1. The van der Waals surface area contributed by atoms with Crippen LogP contribution in [0.5, 0.6) is 0 Å². The number of amidine groups is 1. The maximum atomic E-state index is 9.18. The monoisotopic (exact) mass is 189 g/mol. The van der Waals surface area contributed by atoms with E-state index in [2.05, 4.69) is 10.5 Å². The van der Waals surface area contributed by atoms with Gasteiger partial charge >= 0.3 is 0 Å². The van der Waals surface area contributed by atoms with Crippen molar-refractivity contribution in [3.05, 3.63) is 0 Å². The van der Waals surface area contributed by atoms with Gasteiger partial charge in [0.1, 0.15) is 5.84 Å². The van der Waals surface area contributed by atoms with E-state index < -0.39 is 0 Å². The van der Waals surface area contributed by atoms with E-state index >= 15 is 0 Å². The molecule has 0 saturated heterocycles. The first-order valence-electron chi connectivity index (χ1n) is 4.55. The molecule has 13 heavy (non-hydrogen) atoms. The summed E-state index contributed by atoms with van der Waals surface area (Å²) in [6, 6.07) is 0. The first kappa shape index (κ1) is 12.2. The van der Waals surface area contributed by atoms with Gasteiger partial charge in [0.05, 0.1) is 6.10 Å². The number of aliphatic hydroxyl groups excluding tert-OH is 1. The molecule has 0 aliphatic carbocycles. The summed E-state index contributed by atoms with van der Waals surface area (Å²) in [5.41, 5.74) is 5.25. The second kappa shape index (κ2) is 7.82. The quantitative estimate of drug-likeness (QED) is 0.148. The molecule has 0 rings (SSSR count). The van der Waals surface area contributed by atoms with Gasteiger partial charge in [0, 0.05) is 13.0 Å². The van der Waals surface area contributed by atoms with Crippen molar-refractivity contribution < 1.29 is 10.3 Å². The minimum Gasteiger partial charge on any atom is -0.409 e. The summed E-state index contributed by atoms with van der Waals surface area (Å²) in [7, 11) is 0. The van der Waals surface area contributed by atoms with E-state index in [9.17, 15) is 5.11 Å². The van der Waals surface area contributed by atoms with Crippen molar-refractivity contribution in [2.45, 2.75) is 32.3 Å². The molecule has 0 aromatic heterocycles. The second-order valence-corrected chi connectivity index (χ2v) is 2.94. The highest BCUT2D eigenvalue weighted by atomic mass is 16.4. The van der Waals surface area contributed by atoms with E-state index in [4.69, 9.17) is 10.9 Å². The Morgan fingerprint density at radius 2 is 2.23 bits per heavy atom. The molecule has 0 aliphatic heterocycles. The van der Waals surface area contributed by atoms with E-state index in [0.717, 1.165) is 19.4 Å². The van der Waals surface area contributed by atoms with Gasteiger partial charge in [0.25, 0.3) is 0 Å². The van der Waals surface area contributed by atoms with Crippen LogP contribution >= 0.6 is 0 Å². The lowest BCUT2D eigenvalue weighted by atomic mass is 10.2. The molecule has 5 heteroatoms. The summed E-state index contributed by atoms with van der Waals surface area (Å²) in [6.45, 7) is 3.38. The highest BCUT2D eigenvalue weighted by Crippen LogP contribution is 1.93. The normalized spacial score (nSPS) is 14.5. The Kier molecular flexibility index (Phi) is 7.33. The first-order chi connectivity index (χ1) is 6.20. The molecule has 0 amide bonds. The van der Waals surface area contributed by atoms with Crippen LogP contribution in [0.15, 0.2) is 5.16 Å². The molecule has 0 bridgehead atoms. The van der Waals surface area contributed by atoms with Gasteiger partial charge in [0.2, 0.25) is 0 Å². The molecule has 0 aromatic carbocycles. The van der Waals surface area contributed by atoms with Gasteiger partial charge in [-0.15, -0.1) is 0 Å². The fourth-order valence-corrected chi connectivity index (χ4v) is 0.864. The number of rotatable bonds is 7. The maximum Gasteiger partial charge on any atom is 0.140 e. The van der Waals surface area contributed by atoms with Crippen molar-refractivity contribution in [3.63, 3.8) is 0 Å². The molecule has 0 spiro atoms. The Hall–Kier alpha value is -0.810. The van der Waals surface area contributed by atoms with Crippen LogP contribution in [0.4, 0.5) is 0 Å². The van der Waals surface area contributed by atoms with Crippen LogP contribution in [0.2, 0.25) is 0 Å². The number of nitrogens with one attached hydrogen (secondary N) is 1. The Morgan fingerprint density at radius 1 is 1.54 bits per heavy atom. The Balaban J connectivity index is 3.17. The predicted molar refractivity (Wildman–Crippen MR) is 51.8 cm³/mol. The third kappa shape index (κ3) is 7.55. The number of hydrogen-bond acceptors (Lipinski definition) is 4. The van der Waals surface area contributed by atoms with Gasteiger partial charge in [-0.3, -0.25) is 0 Å². The zero-order valence-corrected chi connectivity index (χ0v) is 8.03. The van der Waals surface area contributed by atoms with Crippen LogP contribution in [-0.2, 0) is 0 Å². The average Bonchev–Trinajstić information content (AvgIpc) is 2.16. The summed E-state index contributed by atoms with van der Waals surface area (Å²) >= 11 is 0. The third-order valence-corrected chi connectivity index (χ3v) is 1.81. The molecule has 0 fully saturated rings. The summed E-state index contributed by atoms with van der Waals surface area (Å²) < 4.78 is 0. The van der Waals surface area contributed by atoms with Crippen LogP contribution in [0.25, 0.3) is 0 Å². The molecule has 0 aliphatic rings. The molecule has 0 heterocycles. The van der Waals surface area contributed by atoms with Gasteiger partial charge in [0.15, 0.2) is 0 Å². The van der Waals surface area contributed by atoms with Gasteiger partial charge in [-0.25, -0.2) is 0 Å². The first-order valence-corrected chi connectivity index (χ1v) is 4.55. The zero-order chi connectivity index (χ0) is 10.1. The number of oxime groups is 1. The van der Waals surface area contributed by atoms with Crippen molar-refractivity contribution in [2.24, 2.45) is 10.9 Å². The standard InChI is InChI=1S/C8H19N3O2/c1-2-7(12)3-5-10-6-4-8(9)11-13/h7,10,12-13H,2-6H2,1H3,(H2,9,11). The minimum absolute atomic E-state index is 0.225. The smallest absolute Gasteiger partial charge is 0.140 e. The molecule has 5 N–H and O–H groups in total. The predicted octanol–water partition coefficient (Wildman–Crippen LogP) is -0.126. The molecule has 0 radical (unpaired) electrons. The highest BCUT2D eigenvalue weighted by molar-refractivity contribution is 5.79. The lowest BCUT2D eigenvalue weighted by molar-refractivity contribution is 0.160. The number of hydrogen-bond donors (Lipinski definition) is 4. The van der Waals surface area contributed by atoms with Crippen LogP contribution in [0.1, 0.15) is 26.2 Å². The molecular weight excluding hydrogens is 170 g/mol. The molecule has 0 saturated carbocycles. The van der Waals surface area contributed by atoms with E-state index in [1.807, 2.05) is 6.92 Å². The SMILES string of the molecule is CCC(O)CCNCCC(N)=NO. The van der Waals surface area contributed by atoms with Gasteiger partial charge < -0.3 is 21.4 Å². The molecular formula is C8H19N3O2. The highest BCUT2D eigenvalue weighted by Gasteiger charge is 1.99. The Bertz CT molecular complexity index is 150. The molecule has 1 unspecified atom stereocenters. The van der Waals surface area contributed by atoms with Crippen molar-refractivity contribution in [2.75, 3.05) is 13.1 Å². The van der Waals surface area contributed by atoms with Crippen molar-refractivity contribution in [1.29, 1.82) is 0 Å². The maximum absolute atomic E-state index is 9.18. The van der Waals surface area contributed by atoms with Gasteiger partial charge in [-0.2, -0.15) is 0 Å². The van der Waals surface area contributed by atoms with Crippen LogP contribution in [0.3, 0.4) is 0 Å².